The molecule has 1 atom stereocenters. The Morgan fingerprint density at radius 3 is 1.60 bits per heavy atom. The van der Waals surface area contributed by atoms with E-state index in [2.05, 4.69) is 5.32 Å². The Morgan fingerprint density at radius 1 is 0.750 bits per heavy atom. The van der Waals surface area contributed by atoms with Crippen molar-refractivity contribution in [1.82, 2.24) is 20.6 Å². The van der Waals surface area contributed by atoms with Crippen molar-refractivity contribution in [2.75, 3.05) is 85.6 Å². The van der Waals surface area contributed by atoms with Crippen LogP contribution in [0.2, 0.25) is 0 Å². The van der Waals surface area contributed by atoms with Gasteiger partial charge in [-0.1, -0.05) is 13.8 Å². The summed E-state index contributed by atoms with van der Waals surface area (Å²) in [5.41, 5.74) is -1.06. The maximum Gasteiger partial charge on any atom is 0.471 e. The molecule has 3 amide bonds. The smallest absolute Gasteiger partial charge is 0.381 e. The summed E-state index contributed by atoms with van der Waals surface area (Å²) < 4.78 is 107. The van der Waals surface area contributed by atoms with Crippen LogP contribution in [0.15, 0.2) is 0 Å². The summed E-state index contributed by atoms with van der Waals surface area (Å²) in [7, 11) is -1.67. The topological polar surface area (TPSA) is 160 Å². The number of rotatable bonds is 30. The van der Waals surface area contributed by atoms with E-state index in [1.54, 1.807) is 10.6 Å². The van der Waals surface area contributed by atoms with Crippen LogP contribution in [-0.2, 0) is 37.6 Å². The van der Waals surface area contributed by atoms with Gasteiger partial charge in [0.2, 0.25) is 6.41 Å². The molecular formula is C28H48F6N5O8P. The number of nitrogens with zero attached hydrogens (tertiary/aromatic N) is 2. The van der Waals surface area contributed by atoms with Gasteiger partial charge in [0.1, 0.15) is 0 Å². The summed E-state index contributed by atoms with van der Waals surface area (Å²) in [4.78, 5) is 32.7. The number of nitriles is 1. The van der Waals surface area contributed by atoms with E-state index in [0.717, 1.165) is 12.8 Å². The fourth-order valence-electron chi connectivity index (χ4n) is 3.76. The molecule has 0 rings (SSSR count). The molecule has 280 valence electrons. The highest BCUT2D eigenvalue weighted by Crippen LogP contribution is 2.44. The Balaban J connectivity index is 5.80. The van der Waals surface area contributed by atoms with Gasteiger partial charge >= 0.3 is 24.2 Å². The summed E-state index contributed by atoms with van der Waals surface area (Å²) >= 11 is 0. The van der Waals surface area contributed by atoms with Gasteiger partial charge in [-0.25, -0.2) is 4.67 Å². The lowest BCUT2D eigenvalue weighted by Gasteiger charge is -2.36. The van der Waals surface area contributed by atoms with E-state index in [-0.39, 0.29) is 85.2 Å². The minimum atomic E-state index is -5.02. The largest absolute Gasteiger partial charge is 0.471 e. The number of alkyl halides is 6. The first kappa shape index (κ1) is 45.7. The highest BCUT2D eigenvalue weighted by Gasteiger charge is 2.39. The van der Waals surface area contributed by atoms with Crippen molar-refractivity contribution in [2.24, 2.45) is 5.41 Å². The van der Waals surface area contributed by atoms with E-state index in [1.165, 1.54) is 0 Å². The van der Waals surface area contributed by atoms with Crippen LogP contribution in [0, 0.1) is 16.7 Å². The number of ether oxygens (including phenoxy) is 3. The summed E-state index contributed by atoms with van der Waals surface area (Å²) in [6, 6.07) is 2.01. The zero-order valence-corrected chi connectivity index (χ0v) is 28.3. The lowest BCUT2D eigenvalue weighted by molar-refractivity contribution is -0.173. The van der Waals surface area contributed by atoms with Gasteiger partial charge in [0.15, 0.2) is 0 Å². The molecule has 0 radical (unpaired) electrons. The quantitative estimate of drug-likeness (QED) is 0.0432. The molecule has 0 aromatic heterocycles. The van der Waals surface area contributed by atoms with Crippen LogP contribution in [0.3, 0.4) is 0 Å². The molecule has 0 aliphatic carbocycles. The lowest BCUT2D eigenvalue weighted by atomic mass is 9.92. The molecule has 0 fully saturated rings. The number of amides is 3. The number of nitrogens with one attached hydrogen (secondary N) is 3. The minimum absolute atomic E-state index is 0.0212. The predicted molar refractivity (Wildman–Crippen MR) is 162 cm³/mol. The summed E-state index contributed by atoms with van der Waals surface area (Å²) in [5, 5.41) is 15.0. The molecular weight excluding hydrogens is 679 g/mol. The maximum absolute atomic E-state index is 12.5. The standard InChI is InChI=1S/C28H48F6N5O8P/c1-3-13-39(14-4-2)48(46-18-5-9-35)47-22-26(19-43-15-6-10-36-23-40,20-44-16-7-11-37-24(41)27(29,30)31)21-45-17-8-12-38-25(42)28(32,33)34/h23H,3-8,10-22H2,1-2H3,(H,36,40)(H,37,41)(H,38,42). The van der Waals surface area contributed by atoms with Gasteiger partial charge in [-0.3, -0.25) is 14.4 Å². The molecule has 0 bridgehead atoms. The van der Waals surface area contributed by atoms with Gasteiger partial charge in [-0.05, 0) is 32.1 Å². The molecule has 13 nitrogen and oxygen atoms in total. The van der Waals surface area contributed by atoms with E-state index in [1.807, 2.05) is 24.6 Å². The third-order valence-corrected chi connectivity index (χ3v) is 7.64. The van der Waals surface area contributed by atoms with E-state index < -0.39 is 38.1 Å². The molecule has 0 saturated carbocycles. The number of hydrogen-bond acceptors (Lipinski definition) is 10. The number of hydrogen-bond donors (Lipinski definition) is 3. The first-order valence-corrected chi connectivity index (χ1v) is 16.7. The second-order valence-corrected chi connectivity index (χ2v) is 12.1. The van der Waals surface area contributed by atoms with E-state index >= 15 is 0 Å². The average molecular weight is 728 g/mol. The van der Waals surface area contributed by atoms with Gasteiger partial charge in [0, 0.05) is 52.5 Å². The van der Waals surface area contributed by atoms with Gasteiger partial charge in [-0.15, -0.1) is 0 Å². The van der Waals surface area contributed by atoms with Crippen molar-refractivity contribution < 1.29 is 64.0 Å². The third kappa shape index (κ3) is 22.3. The van der Waals surface area contributed by atoms with Crippen LogP contribution in [0.4, 0.5) is 26.3 Å². The van der Waals surface area contributed by atoms with Crippen LogP contribution in [-0.4, -0.2) is 121 Å². The highest BCUT2D eigenvalue weighted by molar-refractivity contribution is 7.44. The van der Waals surface area contributed by atoms with Crippen molar-refractivity contribution in [1.29, 1.82) is 5.26 Å². The molecule has 20 heteroatoms. The van der Waals surface area contributed by atoms with E-state index in [0.29, 0.717) is 32.5 Å². The van der Waals surface area contributed by atoms with Crippen molar-refractivity contribution in [3.63, 3.8) is 0 Å². The molecule has 0 heterocycles. The highest BCUT2D eigenvalue weighted by atomic mass is 31.2. The zero-order valence-electron chi connectivity index (χ0n) is 27.4. The lowest BCUT2D eigenvalue weighted by Crippen LogP contribution is -2.42. The Bertz CT molecular complexity index is 886. The molecule has 0 aliphatic rings. The maximum atomic E-state index is 12.5. The van der Waals surface area contributed by atoms with Crippen molar-refractivity contribution in [3.8, 4) is 6.07 Å². The Hall–Kier alpha value is -2.33. The second-order valence-electron chi connectivity index (χ2n) is 10.5. The second kappa shape index (κ2) is 26.5. The molecule has 0 aromatic rings. The van der Waals surface area contributed by atoms with Gasteiger partial charge in [0.25, 0.3) is 8.53 Å². The number of carbonyl (C=O) groups excluding carboxylic acids is 3. The Kier molecular flexibility index (Phi) is 25.2. The third-order valence-electron chi connectivity index (χ3n) is 6.03. The van der Waals surface area contributed by atoms with Crippen molar-refractivity contribution >= 4 is 26.8 Å². The minimum Gasteiger partial charge on any atom is -0.381 e. The molecule has 1 unspecified atom stereocenters. The van der Waals surface area contributed by atoms with Crippen LogP contribution < -0.4 is 16.0 Å². The average Bonchev–Trinajstić information content (AvgIpc) is 3.02. The van der Waals surface area contributed by atoms with Gasteiger partial charge < -0.3 is 39.2 Å². The van der Waals surface area contributed by atoms with Crippen LogP contribution >= 0.6 is 8.53 Å². The first-order valence-electron chi connectivity index (χ1n) is 15.5. The number of halogens is 6. The molecule has 0 aromatic carbocycles. The molecule has 48 heavy (non-hydrogen) atoms. The fourth-order valence-corrected chi connectivity index (χ4v) is 5.52. The van der Waals surface area contributed by atoms with Crippen LogP contribution in [0.1, 0.15) is 52.4 Å². The normalized spacial score (nSPS) is 12.8. The molecule has 0 spiro atoms. The Labute approximate surface area is 278 Å². The molecule has 0 aliphatic heterocycles. The van der Waals surface area contributed by atoms with E-state index in [9.17, 15) is 40.7 Å². The zero-order chi connectivity index (χ0) is 36.3. The Morgan fingerprint density at radius 2 is 1.21 bits per heavy atom. The summed E-state index contributed by atoms with van der Waals surface area (Å²) in [6.07, 6.45) is -7.25. The predicted octanol–water partition coefficient (Wildman–Crippen LogP) is 3.59. The SMILES string of the molecule is CCCN(CCC)P(OCCC#N)OCC(COCCCNC=O)(COCCCNC(=O)C(F)(F)F)COCCCNC(=O)C(F)(F)F. The van der Waals surface area contributed by atoms with Crippen molar-refractivity contribution in [3.05, 3.63) is 0 Å². The van der Waals surface area contributed by atoms with Gasteiger partial charge in [0.05, 0.1) is 50.9 Å². The van der Waals surface area contributed by atoms with E-state index in [4.69, 9.17) is 28.5 Å². The van der Waals surface area contributed by atoms with Gasteiger partial charge in [-0.2, -0.15) is 31.6 Å². The van der Waals surface area contributed by atoms with Crippen LogP contribution in [0.5, 0.6) is 0 Å². The molecule has 0 saturated heterocycles. The van der Waals surface area contributed by atoms with Crippen molar-refractivity contribution in [2.45, 2.75) is 64.7 Å². The fraction of sp³-hybridized carbons (Fsp3) is 0.857. The van der Waals surface area contributed by atoms with Crippen LogP contribution in [0.25, 0.3) is 0 Å². The first-order chi connectivity index (χ1) is 22.8. The summed E-state index contributed by atoms with van der Waals surface area (Å²) in [6.45, 7) is 4.90. The monoisotopic (exact) mass is 727 g/mol. The molecule has 3 N–H and O–H groups in total. The summed E-state index contributed by atoms with van der Waals surface area (Å²) in [5.74, 6) is -4.15. The number of carbonyl (C=O) groups is 3.